The number of hydrogen-bond acceptors (Lipinski definition) is 2. The second-order valence-corrected chi connectivity index (χ2v) is 5.23. The Labute approximate surface area is 125 Å². The standard InChI is InChI=1S/C15H14BrFN2O/c16-14-9-11(17)3-6-13(14)15(20)19-8-7-10-1-4-12(18)5-2-10/h1-6,9H,7-8,18H2,(H,19,20). The van der Waals surface area contributed by atoms with Crippen molar-refractivity contribution < 1.29 is 9.18 Å². The van der Waals surface area contributed by atoms with Crippen molar-refractivity contribution in [2.45, 2.75) is 6.42 Å². The fourth-order valence-electron chi connectivity index (χ4n) is 1.77. The lowest BCUT2D eigenvalue weighted by Gasteiger charge is -2.07. The molecule has 1 amide bonds. The van der Waals surface area contributed by atoms with E-state index >= 15 is 0 Å². The van der Waals surface area contributed by atoms with Crippen molar-refractivity contribution >= 4 is 27.5 Å². The minimum atomic E-state index is -0.379. The van der Waals surface area contributed by atoms with Crippen LogP contribution >= 0.6 is 15.9 Å². The number of carbonyl (C=O) groups is 1. The lowest BCUT2D eigenvalue weighted by atomic mass is 10.1. The molecule has 0 saturated carbocycles. The fourth-order valence-corrected chi connectivity index (χ4v) is 2.30. The van der Waals surface area contributed by atoms with E-state index in [0.29, 0.717) is 28.7 Å². The van der Waals surface area contributed by atoms with Gasteiger partial charge in [-0.1, -0.05) is 12.1 Å². The molecule has 3 N–H and O–H groups in total. The number of anilines is 1. The predicted molar refractivity (Wildman–Crippen MR) is 81.0 cm³/mol. The first-order valence-corrected chi connectivity index (χ1v) is 6.93. The Balaban J connectivity index is 1.90. The highest BCUT2D eigenvalue weighted by Gasteiger charge is 2.09. The summed E-state index contributed by atoms with van der Waals surface area (Å²) >= 11 is 3.18. The Bertz CT molecular complexity index is 614. The Kier molecular flexibility index (Phi) is 4.74. The van der Waals surface area contributed by atoms with Gasteiger partial charge in [-0.05, 0) is 58.2 Å². The molecule has 0 radical (unpaired) electrons. The first-order valence-electron chi connectivity index (χ1n) is 6.14. The minimum absolute atomic E-state index is 0.229. The van der Waals surface area contributed by atoms with Crippen LogP contribution in [0.15, 0.2) is 46.9 Å². The summed E-state index contributed by atoms with van der Waals surface area (Å²) < 4.78 is 13.4. The van der Waals surface area contributed by atoms with Gasteiger partial charge in [-0.3, -0.25) is 4.79 Å². The number of amides is 1. The van der Waals surface area contributed by atoms with Crippen molar-refractivity contribution in [2.75, 3.05) is 12.3 Å². The predicted octanol–water partition coefficient (Wildman–Crippen LogP) is 3.14. The summed E-state index contributed by atoms with van der Waals surface area (Å²) in [6.45, 7) is 0.507. The molecule has 104 valence electrons. The average molecular weight is 337 g/mol. The maximum absolute atomic E-state index is 12.9. The zero-order valence-corrected chi connectivity index (χ0v) is 12.3. The van der Waals surface area contributed by atoms with Crippen molar-refractivity contribution in [1.29, 1.82) is 0 Å². The molecule has 0 saturated heterocycles. The van der Waals surface area contributed by atoms with Crippen LogP contribution in [0.3, 0.4) is 0 Å². The zero-order valence-electron chi connectivity index (χ0n) is 10.7. The van der Waals surface area contributed by atoms with E-state index in [1.54, 1.807) is 0 Å². The fraction of sp³-hybridized carbons (Fsp3) is 0.133. The molecule has 2 aromatic carbocycles. The normalized spacial score (nSPS) is 10.3. The molecule has 0 bridgehead atoms. The molecule has 0 spiro atoms. The molecule has 0 atom stereocenters. The van der Waals surface area contributed by atoms with Crippen LogP contribution in [-0.2, 0) is 6.42 Å². The average Bonchev–Trinajstić information content (AvgIpc) is 2.41. The van der Waals surface area contributed by atoms with Gasteiger partial charge in [0.1, 0.15) is 5.82 Å². The van der Waals surface area contributed by atoms with Crippen LogP contribution in [0.2, 0.25) is 0 Å². The van der Waals surface area contributed by atoms with E-state index in [2.05, 4.69) is 21.2 Å². The third kappa shape index (κ3) is 3.81. The smallest absolute Gasteiger partial charge is 0.252 e. The zero-order chi connectivity index (χ0) is 14.5. The third-order valence-corrected chi connectivity index (χ3v) is 3.51. The molecule has 5 heteroatoms. The summed E-state index contributed by atoms with van der Waals surface area (Å²) in [4.78, 5) is 11.9. The van der Waals surface area contributed by atoms with E-state index in [0.717, 1.165) is 5.56 Å². The minimum Gasteiger partial charge on any atom is -0.399 e. The number of benzene rings is 2. The topological polar surface area (TPSA) is 55.1 Å². The maximum atomic E-state index is 12.9. The summed E-state index contributed by atoms with van der Waals surface area (Å²) in [6.07, 6.45) is 0.713. The van der Waals surface area contributed by atoms with Gasteiger partial charge in [0.25, 0.3) is 5.91 Å². The van der Waals surface area contributed by atoms with Crippen LogP contribution in [-0.4, -0.2) is 12.5 Å². The summed E-state index contributed by atoms with van der Waals surface area (Å²) in [5.74, 6) is -0.609. The molecule has 0 aromatic heterocycles. The van der Waals surface area contributed by atoms with Crippen molar-refractivity contribution in [2.24, 2.45) is 0 Å². The number of hydrogen-bond donors (Lipinski definition) is 2. The van der Waals surface area contributed by atoms with Crippen LogP contribution < -0.4 is 11.1 Å². The van der Waals surface area contributed by atoms with E-state index in [9.17, 15) is 9.18 Å². The molecule has 0 aliphatic heterocycles. The van der Waals surface area contributed by atoms with Crippen LogP contribution in [0.5, 0.6) is 0 Å². The van der Waals surface area contributed by atoms with Crippen LogP contribution in [0, 0.1) is 5.82 Å². The highest BCUT2D eigenvalue weighted by Crippen LogP contribution is 2.17. The molecular weight excluding hydrogens is 323 g/mol. The maximum Gasteiger partial charge on any atom is 0.252 e. The first-order chi connectivity index (χ1) is 9.56. The molecule has 0 heterocycles. The molecule has 0 unspecified atom stereocenters. The number of halogens is 2. The molecule has 20 heavy (non-hydrogen) atoms. The lowest BCUT2D eigenvalue weighted by Crippen LogP contribution is -2.26. The van der Waals surface area contributed by atoms with Gasteiger partial charge in [0.15, 0.2) is 0 Å². The second-order valence-electron chi connectivity index (χ2n) is 4.37. The largest absolute Gasteiger partial charge is 0.399 e. The van der Waals surface area contributed by atoms with Crippen LogP contribution in [0.25, 0.3) is 0 Å². The number of nitrogens with two attached hydrogens (primary N) is 1. The summed E-state index contributed by atoms with van der Waals surface area (Å²) in [6, 6.07) is 11.5. The molecule has 0 fully saturated rings. The quantitative estimate of drug-likeness (QED) is 0.842. The molecule has 2 aromatic rings. The molecule has 3 nitrogen and oxygen atoms in total. The number of nitrogens with one attached hydrogen (secondary N) is 1. The highest BCUT2D eigenvalue weighted by molar-refractivity contribution is 9.10. The Morgan fingerprint density at radius 3 is 2.55 bits per heavy atom. The van der Waals surface area contributed by atoms with Gasteiger partial charge < -0.3 is 11.1 Å². The van der Waals surface area contributed by atoms with Crippen molar-refractivity contribution in [3.8, 4) is 0 Å². The van der Waals surface area contributed by atoms with Gasteiger partial charge in [0.2, 0.25) is 0 Å². The second kappa shape index (κ2) is 6.52. The number of nitrogen functional groups attached to an aromatic ring is 1. The van der Waals surface area contributed by atoms with Gasteiger partial charge in [0, 0.05) is 16.7 Å². The molecule has 2 rings (SSSR count). The SMILES string of the molecule is Nc1ccc(CCNC(=O)c2ccc(F)cc2Br)cc1. The number of rotatable bonds is 4. The Morgan fingerprint density at radius 2 is 1.90 bits per heavy atom. The van der Waals surface area contributed by atoms with Crippen LogP contribution in [0.4, 0.5) is 10.1 Å². The first kappa shape index (κ1) is 14.5. The van der Waals surface area contributed by atoms with E-state index in [-0.39, 0.29) is 11.7 Å². The highest BCUT2D eigenvalue weighted by atomic mass is 79.9. The Hall–Kier alpha value is -1.88. The van der Waals surface area contributed by atoms with Gasteiger partial charge in [-0.25, -0.2) is 4.39 Å². The summed E-state index contributed by atoms with van der Waals surface area (Å²) in [5, 5.41) is 2.80. The number of carbonyl (C=O) groups excluding carboxylic acids is 1. The van der Waals surface area contributed by atoms with Gasteiger partial charge in [0.05, 0.1) is 5.56 Å². The summed E-state index contributed by atoms with van der Waals surface area (Å²) in [5.41, 5.74) is 7.83. The van der Waals surface area contributed by atoms with Gasteiger partial charge >= 0.3 is 0 Å². The van der Waals surface area contributed by atoms with Gasteiger partial charge in [-0.15, -0.1) is 0 Å². The third-order valence-electron chi connectivity index (χ3n) is 2.85. The van der Waals surface area contributed by atoms with Crippen molar-refractivity contribution in [3.05, 3.63) is 63.9 Å². The molecule has 0 aliphatic rings. The van der Waals surface area contributed by atoms with Crippen molar-refractivity contribution in [3.63, 3.8) is 0 Å². The van der Waals surface area contributed by atoms with Crippen molar-refractivity contribution in [1.82, 2.24) is 5.32 Å². The lowest BCUT2D eigenvalue weighted by molar-refractivity contribution is 0.0953. The van der Waals surface area contributed by atoms with E-state index < -0.39 is 0 Å². The van der Waals surface area contributed by atoms with E-state index in [4.69, 9.17) is 5.73 Å². The monoisotopic (exact) mass is 336 g/mol. The van der Waals surface area contributed by atoms with E-state index in [1.807, 2.05) is 24.3 Å². The Morgan fingerprint density at radius 1 is 1.20 bits per heavy atom. The van der Waals surface area contributed by atoms with Gasteiger partial charge in [-0.2, -0.15) is 0 Å². The summed E-state index contributed by atoms with van der Waals surface area (Å²) in [7, 11) is 0. The molecule has 0 aliphatic carbocycles. The van der Waals surface area contributed by atoms with E-state index in [1.165, 1.54) is 18.2 Å². The van der Waals surface area contributed by atoms with Crippen LogP contribution in [0.1, 0.15) is 15.9 Å². The molecular formula is C15H14BrFN2O.